The Kier molecular flexibility index (Phi) is 5.51. The number of methoxy groups -OCH3 is 2. The van der Waals surface area contributed by atoms with Gasteiger partial charge in [-0.1, -0.05) is 12.1 Å². The summed E-state index contributed by atoms with van der Waals surface area (Å²) >= 11 is 0. The number of aromatic nitrogens is 2. The lowest BCUT2D eigenvalue weighted by Gasteiger charge is -2.11. The highest BCUT2D eigenvalue weighted by Gasteiger charge is 2.13. The van der Waals surface area contributed by atoms with E-state index in [1.807, 2.05) is 36.4 Å². The van der Waals surface area contributed by atoms with Crippen LogP contribution in [0.25, 0.3) is 0 Å². The number of aryl methyl sites for hydroxylation is 1. The molecule has 7 nitrogen and oxygen atoms in total. The van der Waals surface area contributed by atoms with Gasteiger partial charge in [-0.15, -0.1) is 0 Å². The first-order valence-corrected chi connectivity index (χ1v) is 8.30. The van der Waals surface area contributed by atoms with E-state index in [9.17, 15) is 4.79 Å². The monoisotopic (exact) mass is 364 g/mol. The molecule has 0 aliphatic carbocycles. The van der Waals surface area contributed by atoms with Gasteiger partial charge in [0, 0.05) is 11.4 Å². The standard InChI is InChI=1S/C20H20N4O3/c1-13-12-17(19(25)23-16-6-4-5-7-18(16)27-3)24-20(21-13)22-14-8-10-15(26-2)11-9-14/h4-12H,1-3H3,(H,23,25)(H,21,22,24). The van der Waals surface area contributed by atoms with Crippen LogP contribution in [0.15, 0.2) is 54.6 Å². The molecule has 1 aromatic heterocycles. The fraction of sp³-hybridized carbons (Fsp3) is 0.150. The maximum absolute atomic E-state index is 12.6. The van der Waals surface area contributed by atoms with Crippen molar-refractivity contribution in [1.29, 1.82) is 0 Å². The normalized spacial score (nSPS) is 10.2. The number of hydrogen-bond donors (Lipinski definition) is 2. The second kappa shape index (κ2) is 8.18. The third-order valence-electron chi connectivity index (χ3n) is 3.79. The Balaban J connectivity index is 1.80. The van der Waals surface area contributed by atoms with Crippen molar-refractivity contribution in [2.24, 2.45) is 0 Å². The second-order valence-electron chi connectivity index (χ2n) is 5.73. The zero-order valence-electron chi connectivity index (χ0n) is 15.3. The average molecular weight is 364 g/mol. The highest BCUT2D eigenvalue weighted by molar-refractivity contribution is 6.03. The molecule has 0 aliphatic rings. The van der Waals surface area contributed by atoms with Crippen molar-refractivity contribution in [3.63, 3.8) is 0 Å². The molecule has 0 aliphatic heterocycles. The Labute approximate surface area is 157 Å². The number of benzene rings is 2. The summed E-state index contributed by atoms with van der Waals surface area (Å²) in [4.78, 5) is 21.3. The minimum absolute atomic E-state index is 0.254. The van der Waals surface area contributed by atoms with Crippen LogP contribution < -0.4 is 20.1 Å². The van der Waals surface area contributed by atoms with Crippen molar-refractivity contribution in [3.05, 3.63) is 66.0 Å². The predicted octanol–water partition coefficient (Wildman–Crippen LogP) is 3.80. The maximum atomic E-state index is 12.6. The highest BCUT2D eigenvalue weighted by atomic mass is 16.5. The summed E-state index contributed by atoms with van der Waals surface area (Å²) in [5, 5.41) is 5.91. The molecular formula is C20H20N4O3. The van der Waals surface area contributed by atoms with E-state index in [1.165, 1.54) is 0 Å². The molecule has 7 heteroatoms. The zero-order chi connectivity index (χ0) is 19.2. The van der Waals surface area contributed by atoms with Crippen LogP contribution in [0.5, 0.6) is 11.5 Å². The SMILES string of the molecule is COc1ccc(Nc2nc(C)cc(C(=O)Nc3ccccc3OC)n2)cc1. The van der Waals surface area contributed by atoms with Crippen LogP contribution in [0, 0.1) is 6.92 Å². The molecule has 3 rings (SSSR count). The maximum Gasteiger partial charge on any atom is 0.274 e. The van der Waals surface area contributed by atoms with Crippen LogP contribution in [-0.2, 0) is 0 Å². The molecule has 2 aromatic carbocycles. The van der Waals surface area contributed by atoms with Crippen LogP contribution in [0.2, 0.25) is 0 Å². The van der Waals surface area contributed by atoms with Gasteiger partial charge in [0.05, 0.1) is 19.9 Å². The van der Waals surface area contributed by atoms with Crippen LogP contribution in [-0.4, -0.2) is 30.1 Å². The van der Waals surface area contributed by atoms with Gasteiger partial charge >= 0.3 is 0 Å². The number of nitrogens with zero attached hydrogens (tertiary/aromatic N) is 2. The smallest absolute Gasteiger partial charge is 0.274 e. The van der Waals surface area contributed by atoms with Gasteiger partial charge in [0.1, 0.15) is 17.2 Å². The molecule has 2 N–H and O–H groups in total. The Morgan fingerprint density at radius 1 is 0.963 bits per heavy atom. The number of carbonyl (C=O) groups excluding carboxylic acids is 1. The first-order valence-electron chi connectivity index (χ1n) is 8.30. The number of para-hydroxylation sites is 2. The number of carbonyl (C=O) groups is 1. The fourth-order valence-electron chi connectivity index (χ4n) is 2.48. The lowest BCUT2D eigenvalue weighted by atomic mass is 10.2. The van der Waals surface area contributed by atoms with Crippen LogP contribution in [0.3, 0.4) is 0 Å². The van der Waals surface area contributed by atoms with Gasteiger partial charge in [-0.25, -0.2) is 9.97 Å². The third-order valence-corrected chi connectivity index (χ3v) is 3.79. The third kappa shape index (κ3) is 4.52. The molecule has 0 unspecified atom stereocenters. The molecular weight excluding hydrogens is 344 g/mol. The fourth-order valence-corrected chi connectivity index (χ4v) is 2.48. The van der Waals surface area contributed by atoms with Crippen molar-refractivity contribution in [2.45, 2.75) is 6.92 Å². The summed E-state index contributed by atoms with van der Waals surface area (Å²) in [6.45, 7) is 1.81. The molecule has 0 atom stereocenters. The van der Waals surface area contributed by atoms with Crippen LogP contribution in [0.1, 0.15) is 16.2 Å². The van der Waals surface area contributed by atoms with E-state index < -0.39 is 0 Å². The Bertz CT molecular complexity index is 942. The molecule has 0 saturated heterocycles. The molecule has 27 heavy (non-hydrogen) atoms. The zero-order valence-corrected chi connectivity index (χ0v) is 15.3. The molecule has 3 aromatic rings. The molecule has 0 bridgehead atoms. The average Bonchev–Trinajstić information content (AvgIpc) is 2.68. The van der Waals surface area contributed by atoms with Crippen molar-refractivity contribution in [1.82, 2.24) is 9.97 Å². The van der Waals surface area contributed by atoms with Crippen molar-refractivity contribution >= 4 is 23.2 Å². The lowest BCUT2D eigenvalue weighted by Crippen LogP contribution is -2.16. The van der Waals surface area contributed by atoms with Gasteiger partial charge < -0.3 is 20.1 Å². The molecule has 1 heterocycles. The van der Waals surface area contributed by atoms with Gasteiger partial charge in [0.25, 0.3) is 5.91 Å². The summed E-state index contributed by atoms with van der Waals surface area (Å²) in [5.41, 5.74) is 2.29. The van der Waals surface area contributed by atoms with Crippen LogP contribution >= 0.6 is 0 Å². The van der Waals surface area contributed by atoms with E-state index in [0.717, 1.165) is 11.4 Å². The molecule has 0 spiro atoms. The van der Waals surface area contributed by atoms with Crippen LogP contribution in [0.4, 0.5) is 17.3 Å². The summed E-state index contributed by atoms with van der Waals surface area (Å²) < 4.78 is 10.4. The van der Waals surface area contributed by atoms with Gasteiger partial charge in [0.2, 0.25) is 5.95 Å². The largest absolute Gasteiger partial charge is 0.497 e. The van der Waals surface area contributed by atoms with Gasteiger partial charge in [0.15, 0.2) is 0 Å². The summed E-state index contributed by atoms with van der Waals surface area (Å²) in [7, 11) is 3.16. The van der Waals surface area contributed by atoms with Gasteiger partial charge in [-0.2, -0.15) is 0 Å². The molecule has 0 fully saturated rings. The molecule has 0 saturated carbocycles. The van der Waals surface area contributed by atoms with E-state index in [-0.39, 0.29) is 11.6 Å². The predicted molar refractivity (Wildman–Crippen MR) is 104 cm³/mol. The van der Waals surface area contributed by atoms with E-state index in [1.54, 1.807) is 39.3 Å². The van der Waals surface area contributed by atoms with Crippen molar-refractivity contribution < 1.29 is 14.3 Å². The first-order chi connectivity index (χ1) is 13.1. The number of rotatable bonds is 6. The molecule has 1 amide bonds. The minimum Gasteiger partial charge on any atom is -0.497 e. The van der Waals surface area contributed by atoms with Crippen molar-refractivity contribution in [2.75, 3.05) is 24.9 Å². The number of nitrogens with one attached hydrogen (secondary N) is 2. The Morgan fingerprint density at radius 3 is 2.41 bits per heavy atom. The summed E-state index contributed by atoms with van der Waals surface area (Å²) in [6, 6.07) is 16.2. The Hall–Kier alpha value is -3.61. The topological polar surface area (TPSA) is 85.4 Å². The van der Waals surface area contributed by atoms with E-state index in [0.29, 0.717) is 23.1 Å². The van der Waals surface area contributed by atoms with Gasteiger partial charge in [-0.3, -0.25) is 4.79 Å². The number of anilines is 3. The van der Waals surface area contributed by atoms with E-state index in [4.69, 9.17) is 9.47 Å². The van der Waals surface area contributed by atoms with Crippen molar-refractivity contribution in [3.8, 4) is 11.5 Å². The lowest BCUT2D eigenvalue weighted by molar-refractivity contribution is 0.102. The highest BCUT2D eigenvalue weighted by Crippen LogP contribution is 2.24. The second-order valence-corrected chi connectivity index (χ2v) is 5.73. The van der Waals surface area contributed by atoms with E-state index in [2.05, 4.69) is 20.6 Å². The number of hydrogen-bond acceptors (Lipinski definition) is 6. The minimum atomic E-state index is -0.345. The quantitative estimate of drug-likeness (QED) is 0.692. The molecule has 138 valence electrons. The summed E-state index contributed by atoms with van der Waals surface area (Å²) in [6.07, 6.45) is 0. The van der Waals surface area contributed by atoms with Gasteiger partial charge in [-0.05, 0) is 49.4 Å². The number of amides is 1. The summed E-state index contributed by atoms with van der Waals surface area (Å²) in [5.74, 6) is 1.32. The first kappa shape index (κ1) is 18.2. The molecule has 0 radical (unpaired) electrons. The number of ether oxygens (including phenoxy) is 2. The van der Waals surface area contributed by atoms with E-state index >= 15 is 0 Å². The Morgan fingerprint density at radius 2 is 1.70 bits per heavy atom.